The van der Waals surface area contributed by atoms with Crippen molar-refractivity contribution in [1.82, 2.24) is 14.2 Å². The molecule has 2 fully saturated rings. The van der Waals surface area contributed by atoms with E-state index >= 15 is 0 Å². The molecular formula is C16H25N3O3S. The highest BCUT2D eigenvalue weighted by atomic mass is 32.2. The smallest absolute Gasteiger partial charge is 0.214 e. The maximum atomic E-state index is 12.3. The summed E-state index contributed by atoms with van der Waals surface area (Å²) < 4.78 is 31.5. The molecule has 3 rings (SSSR count). The first-order valence-electron chi connectivity index (χ1n) is 8.35. The molecular weight excluding hydrogens is 314 g/mol. The minimum atomic E-state index is -3.17. The molecule has 1 unspecified atom stereocenters. The molecule has 2 aliphatic heterocycles. The van der Waals surface area contributed by atoms with Crippen LogP contribution in [-0.4, -0.2) is 61.2 Å². The molecule has 0 amide bonds. The van der Waals surface area contributed by atoms with Gasteiger partial charge >= 0.3 is 0 Å². The van der Waals surface area contributed by atoms with E-state index in [-0.39, 0.29) is 11.8 Å². The van der Waals surface area contributed by atoms with Gasteiger partial charge in [0.05, 0.1) is 36.4 Å². The van der Waals surface area contributed by atoms with Crippen LogP contribution in [0.15, 0.2) is 18.2 Å². The molecule has 3 heterocycles. The van der Waals surface area contributed by atoms with Crippen molar-refractivity contribution in [2.45, 2.75) is 32.4 Å². The van der Waals surface area contributed by atoms with Crippen LogP contribution in [0.5, 0.6) is 0 Å². The molecule has 7 heteroatoms. The first-order chi connectivity index (χ1) is 11.1. The molecule has 0 saturated carbocycles. The van der Waals surface area contributed by atoms with Gasteiger partial charge in [-0.25, -0.2) is 8.42 Å². The van der Waals surface area contributed by atoms with Gasteiger partial charge in [-0.15, -0.1) is 0 Å². The number of sulfonamides is 1. The quantitative estimate of drug-likeness (QED) is 0.811. The van der Waals surface area contributed by atoms with Gasteiger partial charge in [0.15, 0.2) is 0 Å². The molecule has 0 aromatic carbocycles. The number of rotatable bonds is 5. The van der Waals surface area contributed by atoms with Gasteiger partial charge < -0.3 is 4.74 Å². The summed E-state index contributed by atoms with van der Waals surface area (Å²) in [6.07, 6.45) is 1.76. The summed E-state index contributed by atoms with van der Waals surface area (Å²) in [6.45, 7) is 6.49. The van der Waals surface area contributed by atoms with Gasteiger partial charge in [-0.1, -0.05) is 6.07 Å². The predicted octanol–water partition coefficient (Wildman–Crippen LogP) is 1.40. The average Bonchev–Trinajstić information content (AvgIpc) is 3.07. The SMILES string of the molecule is CCS(=O)(=O)N1CCCC1c1cccc(CN2CCOCC2)n1. The fourth-order valence-corrected chi connectivity index (χ4v) is 4.63. The van der Waals surface area contributed by atoms with Crippen LogP contribution in [0.1, 0.15) is 37.2 Å². The Morgan fingerprint density at radius 2 is 2.04 bits per heavy atom. The Bertz CT molecular complexity index is 629. The topological polar surface area (TPSA) is 62.7 Å². The van der Waals surface area contributed by atoms with Crippen LogP contribution in [0, 0.1) is 0 Å². The Balaban J connectivity index is 1.76. The number of ether oxygens (including phenoxy) is 1. The van der Waals surface area contributed by atoms with Gasteiger partial charge in [0, 0.05) is 26.2 Å². The van der Waals surface area contributed by atoms with Crippen molar-refractivity contribution in [1.29, 1.82) is 0 Å². The number of pyridine rings is 1. The summed E-state index contributed by atoms with van der Waals surface area (Å²) in [5.41, 5.74) is 1.88. The van der Waals surface area contributed by atoms with Crippen LogP contribution in [0.25, 0.3) is 0 Å². The van der Waals surface area contributed by atoms with E-state index in [1.807, 2.05) is 18.2 Å². The number of hydrogen-bond donors (Lipinski definition) is 0. The summed E-state index contributed by atoms with van der Waals surface area (Å²) in [5, 5.41) is 0. The largest absolute Gasteiger partial charge is 0.379 e. The number of nitrogens with zero attached hydrogens (tertiary/aromatic N) is 3. The van der Waals surface area contributed by atoms with Crippen molar-refractivity contribution in [3.05, 3.63) is 29.6 Å². The van der Waals surface area contributed by atoms with E-state index in [1.165, 1.54) is 0 Å². The molecule has 0 N–H and O–H groups in total. The van der Waals surface area contributed by atoms with Crippen LogP contribution >= 0.6 is 0 Å². The third-order valence-electron chi connectivity index (χ3n) is 4.58. The van der Waals surface area contributed by atoms with Crippen LogP contribution in [0.4, 0.5) is 0 Å². The minimum Gasteiger partial charge on any atom is -0.379 e. The molecule has 0 bridgehead atoms. The highest BCUT2D eigenvalue weighted by molar-refractivity contribution is 7.89. The van der Waals surface area contributed by atoms with Crippen molar-refractivity contribution < 1.29 is 13.2 Å². The van der Waals surface area contributed by atoms with E-state index in [1.54, 1.807) is 11.2 Å². The molecule has 23 heavy (non-hydrogen) atoms. The predicted molar refractivity (Wildman–Crippen MR) is 88.5 cm³/mol. The molecule has 0 spiro atoms. The minimum absolute atomic E-state index is 0.107. The Kier molecular flexibility index (Phi) is 5.31. The van der Waals surface area contributed by atoms with E-state index in [2.05, 4.69) is 4.90 Å². The lowest BCUT2D eigenvalue weighted by atomic mass is 10.1. The second-order valence-corrected chi connectivity index (χ2v) is 8.32. The van der Waals surface area contributed by atoms with E-state index in [0.29, 0.717) is 6.54 Å². The third-order valence-corrected chi connectivity index (χ3v) is 6.47. The summed E-state index contributed by atoms with van der Waals surface area (Å²) >= 11 is 0. The molecule has 0 radical (unpaired) electrons. The lowest BCUT2D eigenvalue weighted by Gasteiger charge is -2.27. The lowest BCUT2D eigenvalue weighted by Crippen LogP contribution is -2.36. The Morgan fingerprint density at radius 3 is 2.78 bits per heavy atom. The van der Waals surface area contributed by atoms with E-state index < -0.39 is 10.0 Å². The number of morpholine rings is 1. The molecule has 2 saturated heterocycles. The summed E-state index contributed by atoms with van der Waals surface area (Å²) in [5.74, 6) is 0.150. The zero-order valence-electron chi connectivity index (χ0n) is 13.6. The normalized spacial score (nSPS) is 24.1. The number of aromatic nitrogens is 1. The van der Waals surface area contributed by atoms with Crippen molar-refractivity contribution in [3.8, 4) is 0 Å². The van der Waals surface area contributed by atoms with Gasteiger partial charge in [0.25, 0.3) is 0 Å². The third kappa shape index (κ3) is 3.91. The van der Waals surface area contributed by atoms with Crippen molar-refractivity contribution >= 4 is 10.0 Å². The lowest BCUT2D eigenvalue weighted by molar-refractivity contribution is 0.0336. The first kappa shape index (κ1) is 16.8. The second-order valence-electron chi connectivity index (χ2n) is 6.11. The molecule has 128 valence electrons. The van der Waals surface area contributed by atoms with Crippen LogP contribution in [0.2, 0.25) is 0 Å². The Morgan fingerprint density at radius 1 is 1.26 bits per heavy atom. The first-order valence-corrected chi connectivity index (χ1v) is 9.96. The highest BCUT2D eigenvalue weighted by Gasteiger charge is 2.34. The molecule has 1 atom stereocenters. The highest BCUT2D eigenvalue weighted by Crippen LogP contribution is 2.33. The van der Waals surface area contributed by atoms with Crippen molar-refractivity contribution in [2.75, 3.05) is 38.6 Å². The maximum absolute atomic E-state index is 12.3. The van der Waals surface area contributed by atoms with Gasteiger partial charge in [0.1, 0.15) is 0 Å². The van der Waals surface area contributed by atoms with Crippen LogP contribution in [-0.2, 0) is 21.3 Å². The zero-order chi connectivity index (χ0) is 16.3. The summed E-state index contributed by atoms with van der Waals surface area (Å²) in [6, 6.07) is 5.86. The van der Waals surface area contributed by atoms with Gasteiger partial charge in [-0.2, -0.15) is 4.31 Å². The summed E-state index contributed by atoms with van der Waals surface area (Å²) in [7, 11) is -3.17. The average molecular weight is 339 g/mol. The molecule has 2 aliphatic rings. The van der Waals surface area contributed by atoms with Crippen LogP contribution < -0.4 is 0 Å². The summed E-state index contributed by atoms with van der Waals surface area (Å²) in [4.78, 5) is 7.08. The Hall–Kier alpha value is -1.02. The zero-order valence-corrected chi connectivity index (χ0v) is 14.5. The van der Waals surface area contributed by atoms with E-state index in [4.69, 9.17) is 9.72 Å². The second kappa shape index (κ2) is 7.25. The van der Waals surface area contributed by atoms with Gasteiger partial charge in [0.2, 0.25) is 10.0 Å². The van der Waals surface area contributed by atoms with Crippen molar-refractivity contribution in [3.63, 3.8) is 0 Å². The fraction of sp³-hybridized carbons (Fsp3) is 0.688. The monoisotopic (exact) mass is 339 g/mol. The molecule has 6 nitrogen and oxygen atoms in total. The fourth-order valence-electron chi connectivity index (χ4n) is 3.29. The molecule has 0 aliphatic carbocycles. The van der Waals surface area contributed by atoms with Crippen molar-refractivity contribution in [2.24, 2.45) is 0 Å². The molecule has 1 aromatic rings. The van der Waals surface area contributed by atoms with Crippen LogP contribution in [0.3, 0.4) is 0 Å². The maximum Gasteiger partial charge on any atom is 0.214 e. The Labute approximate surface area is 138 Å². The van der Waals surface area contributed by atoms with Gasteiger partial charge in [-0.3, -0.25) is 9.88 Å². The van der Waals surface area contributed by atoms with Gasteiger partial charge in [-0.05, 0) is 31.9 Å². The standard InChI is InChI=1S/C16H25N3O3S/c1-2-23(20,21)19-8-4-7-16(19)15-6-3-5-14(17-15)13-18-9-11-22-12-10-18/h3,5-6,16H,2,4,7-13H2,1H3. The molecule has 1 aromatic heterocycles. The van der Waals surface area contributed by atoms with E-state index in [9.17, 15) is 8.42 Å². The number of hydrogen-bond acceptors (Lipinski definition) is 5. The van der Waals surface area contributed by atoms with E-state index in [0.717, 1.165) is 57.1 Å².